The Bertz CT molecular complexity index is 386. The van der Waals surface area contributed by atoms with Crippen LogP contribution in [0.3, 0.4) is 0 Å². The van der Waals surface area contributed by atoms with Gasteiger partial charge in [0.05, 0.1) is 13.2 Å². The first kappa shape index (κ1) is 18.9. The summed E-state index contributed by atoms with van der Waals surface area (Å²) in [6.45, 7) is -1.34. The molecule has 2 aliphatic rings. The van der Waals surface area contributed by atoms with Gasteiger partial charge in [-0.2, -0.15) is 0 Å². The van der Waals surface area contributed by atoms with E-state index in [0.29, 0.717) is 0 Å². The van der Waals surface area contributed by atoms with Crippen LogP contribution in [-0.4, -0.2) is 115 Å². The van der Waals surface area contributed by atoms with E-state index in [-0.39, 0.29) is 1.43 Å². The third-order valence-electron chi connectivity index (χ3n) is 3.98. The van der Waals surface area contributed by atoms with E-state index in [4.69, 9.17) is 24.4 Å². The van der Waals surface area contributed by atoms with Crippen LogP contribution in [0.1, 0.15) is 1.43 Å². The van der Waals surface area contributed by atoms with Gasteiger partial charge in [-0.1, -0.05) is 0 Å². The zero-order valence-electron chi connectivity index (χ0n) is 13.0. The highest BCUT2D eigenvalue weighted by Crippen LogP contribution is 2.28. The van der Waals surface area contributed by atoms with Crippen molar-refractivity contribution in [2.45, 2.75) is 61.4 Å². The molecule has 0 saturated carbocycles. The van der Waals surface area contributed by atoms with Gasteiger partial charge in [-0.25, -0.2) is 0 Å². The van der Waals surface area contributed by atoms with Crippen LogP contribution in [0.25, 0.3) is 0 Å². The molecule has 2 heterocycles. The van der Waals surface area contributed by atoms with E-state index in [2.05, 4.69) is 0 Å². The average molecular weight is 343 g/mol. The van der Waals surface area contributed by atoms with E-state index in [1.54, 1.807) is 0 Å². The summed E-state index contributed by atoms with van der Waals surface area (Å²) < 4.78 is 15.1. The Morgan fingerprint density at radius 2 is 1.26 bits per heavy atom. The molecule has 8 N–H and O–H groups in total. The lowest BCUT2D eigenvalue weighted by Gasteiger charge is -2.45. The van der Waals surface area contributed by atoms with Gasteiger partial charge in [-0.3, -0.25) is 0 Å². The summed E-state index contributed by atoms with van der Waals surface area (Å²) in [6, 6.07) is 0. The fourth-order valence-corrected chi connectivity index (χ4v) is 2.56. The highest BCUT2D eigenvalue weighted by Gasteiger charge is 2.50. The molecule has 0 spiro atoms. The third kappa shape index (κ3) is 3.65. The van der Waals surface area contributed by atoms with Crippen LogP contribution >= 0.6 is 0 Å². The van der Waals surface area contributed by atoms with Gasteiger partial charge in [0.15, 0.2) is 12.6 Å². The van der Waals surface area contributed by atoms with Gasteiger partial charge in [0, 0.05) is 0 Å². The molecule has 0 aliphatic carbocycles. The molecule has 0 aromatic rings. The molecule has 2 saturated heterocycles. The molecular formula is C12H23O11+. The van der Waals surface area contributed by atoms with Crippen molar-refractivity contribution in [2.75, 3.05) is 13.2 Å². The van der Waals surface area contributed by atoms with Crippen LogP contribution in [-0.2, 0) is 14.2 Å². The molecular weight excluding hydrogens is 320 g/mol. The van der Waals surface area contributed by atoms with Crippen LogP contribution in [0.5, 0.6) is 0 Å². The Morgan fingerprint density at radius 3 is 1.83 bits per heavy atom. The molecule has 2 rings (SSSR count). The topological polar surface area (TPSA) is 190 Å². The second-order valence-corrected chi connectivity index (χ2v) is 5.53. The molecule has 0 aromatic carbocycles. The normalized spacial score (nSPS) is 51.7. The average Bonchev–Trinajstić information content (AvgIpc) is 2.54. The minimum Gasteiger partial charge on any atom is -0.394 e. The van der Waals surface area contributed by atoms with Crippen LogP contribution in [0.4, 0.5) is 0 Å². The first-order valence-electron chi connectivity index (χ1n) is 7.08. The molecule has 10 atom stereocenters. The lowest BCUT2D eigenvalue weighted by Crippen LogP contribution is -2.64. The van der Waals surface area contributed by atoms with Gasteiger partial charge < -0.3 is 55.1 Å². The molecule has 11 nitrogen and oxygen atoms in total. The van der Waals surface area contributed by atoms with Crippen molar-refractivity contribution < 1.29 is 56.5 Å². The van der Waals surface area contributed by atoms with E-state index < -0.39 is 74.6 Å². The maximum Gasteiger partial charge on any atom is 1.00 e. The summed E-state index contributed by atoms with van der Waals surface area (Å²) in [5, 5.41) is 76.8. The Hall–Kier alpha value is -0.440. The van der Waals surface area contributed by atoms with Crippen molar-refractivity contribution in [3.8, 4) is 0 Å². The SMILES string of the molecule is OCC1O[C@H](O)[C@@H](O)C(O[C@@H]2OC(CO)[C@H](O)C(O)[C@@H]2O)[C@@H]1O.[H+]. The monoisotopic (exact) mass is 343 g/mol. The lowest BCUT2D eigenvalue weighted by molar-refractivity contribution is -0.355. The van der Waals surface area contributed by atoms with Crippen molar-refractivity contribution in [3.63, 3.8) is 0 Å². The molecule has 2 aliphatic heterocycles. The number of ether oxygens (including phenoxy) is 3. The van der Waals surface area contributed by atoms with Crippen LogP contribution < -0.4 is 0 Å². The number of rotatable bonds is 4. The molecule has 136 valence electrons. The fourth-order valence-electron chi connectivity index (χ4n) is 2.56. The summed E-state index contributed by atoms with van der Waals surface area (Å²) in [6.07, 6.45) is -15.7. The van der Waals surface area contributed by atoms with Crippen molar-refractivity contribution in [1.29, 1.82) is 0 Å². The zero-order chi connectivity index (χ0) is 17.3. The Balaban J connectivity index is 0.00000288. The number of hydrogen-bond donors (Lipinski definition) is 8. The largest absolute Gasteiger partial charge is 1.00 e. The fraction of sp³-hybridized carbons (Fsp3) is 1.00. The van der Waals surface area contributed by atoms with E-state index in [9.17, 15) is 30.6 Å². The van der Waals surface area contributed by atoms with Crippen LogP contribution in [0.15, 0.2) is 0 Å². The van der Waals surface area contributed by atoms with Crippen molar-refractivity contribution >= 4 is 0 Å². The summed E-state index contributed by atoms with van der Waals surface area (Å²) in [7, 11) is 0. The molecule has 0 bridgehead atoms. The first-order valence-corrected chi connectivity index (χ1v) is 7.08. The van der Waals surface area contributed by atoms with Crippen molar-refractivity contribution in [2.24, 2.45) is 0 Å². The molecule has 23 heavy (non-hydrogen) atoms. The minimum atomic E-state index is -1.76. The molecule has 2 fully saturated rings. The van der Waals surface area contributed by atoms with Gasteiger partial charge in [0.25, 0.3) is 0 Å². The Morgan fingerprint density at radius 1 is 0.696 bits per heavy atom. The molecule has 11 heteroatoms. The zero-order valence-corrected chi connectivity index (χ0v) is 12.0. The van der Waals surface area contributed by atoms with Crippen LogP contribution in [0, 0.1) is 0 Å². The summed E-state index contributed by atoms with van der Waals surface area (Å²) in [5.41, 5.74) is 0. The van der Waals surface area contributed by atoms with E-state index in [0.717, 1.165) is 0 Å². The predicted molar refractivity (Wildman–Crippen MR) is 69.7 cm³/mol. The predicted octanol–water partition coefficient (Wildman–Crippen LogP) is -5.28. The van der Waals surface area contributed by atoms with Crippen molar-refractivity contribution in [3.05, 3.63) is 0 Å². The first-order chi connectivity index (χ1) is 10.8. The maximum atomic E-state index is 10.00. The number of aliphatic hydroxyl groups is 8. The molecule has 4 unspecified atom stereocenters. The molecule has 0 radical (unpaired) electrons. The number of aliphatic hydroxyl groups excluding tert-OH is 8. The summed E-state index contributed by atoms with van der Waals surface area (Å²) >= 11 is 0. The maximum absolute atomic E-state index is 10.00. The van der Waals surface area contributed by atoms with E-state index >= 15 is 0 Å². The van der Waals surface area contributed by atoms with Gasteiger partial charge in [-0.15, -0.1) is 0 Å². The highest BCUT2D eigenvalue weighted by atomic mass is 16.7. The van der Waals surface area contributed by atoms with E-state index in [1.165, 1.54) is 0 Å². The standard InChI is InChI=1S/C12H22O11/c13-1-3-5(15)7(17)8(18)12(22-3)23-10-6(16)4(2-14)21-11(20)9(10)19/h3-20H,1-2H2/p+1/t3?,4?,5-,6+,7?,8-,9-,10?,11-,12-/m0/s1. The van der Waals surface area contributed by atoms with Gasteiger partial charge in [0.1, 0.15) is 48.8 Å². The smallest absolute Gasteiger partial charge is 0.394 e. The van der Waals surface area contributed by atoms with Crippen LogP contribution in [0.2, 0.25) is 0 Å². The summed E-state index contributed by atoms with van der Waals surface area (Å²) in [5.74, 6) is 0. The molecule has 0 amide bonds. The third-order valence-corrected chi connectivity index (χ3v) is 3.98. The Kier molecular flexibility index (Phi) is 6.27. The second kappa shape index (κ2) is 7.63. The van der Waals surface area contributed by atoms with Gasteiger partial charge in [-0.05, 0) is 0 Å². The second-order valence-electron chi connectivity index (χ2n) is 5.53. The molecule has 0 aromatic heterocycles. The van der Waals surface area contributed by atoms with Crippen molar-refractivity contribution in [1.82, 2.24) is 0 Å². The minimum absolute atomic E-state index is 0. The van der Waals surface area contributed by atoms with Gasteiger partial charge >= 0.3 is 1.43 Å². The highest BCUT2D eigenvalue weighted by molar-refractivity contribution is 4.93. The summed E-state index contributed by atoms with van der Waals surface area (Å²) in [4.78, 5) is 0. The quantitative estimate of drug-likeness (QED) is 0.243. The number of hydrogen-bond acceptors (Lipinski definition) is 11. The van der Waals surface area contributed by atoms with Gasteiger partial charge in [0.2, 0.25) is 0 Å². The lowest BCUT2D eigenvalue weighted by atomic mass is 9.97. The van der Waals surface area contributed by atoms with E-state index in [1.807, 2.05) is 0 Å². The Labute approximate surface area is 132 Å².